The zero-order valence-corrected chi connectivity index (χ0v) is 8.08. The van der Waals surface area contributed by atoms with E-state index in [-0.39, 0.29) is 5.82 Å². The fourth-order valence-electron chi connectivity index (χ4n) is 1.03. The Balaban J connectivity index is 2.92. The van der Waals surface area contributed by atoms with E-state index in [4.69, 9.17) is 0 Å². The van der Waals surface area contributed by atoms with Crippen LogP contribution < -0.4 is 0 Å². The van der Waals surface area contributed by atoms with Crippen molar-refractivity contribution in [1.29, 1.82) is 0 Å². The molecule has 0 bridgehead atoms. The van der Waals surface area contributed by atoms with Crippen LogP contribution in [0.5, 0.6) is 0 Å². The number of rotatable bonds is 2. The molecule has 0 radical (unpaired) electrons. The van der Waals surface area contributed by atoms with E-state index >= 15 is 0 Å². The predicted molar refractivity (Wildman–Crippen MR) is 52.2 cm³/mol. The minimum Gasteiger partial charge on any atom is -0.466 e. The largest absolute Gasteiger partial charge is 0.466 e. The standard InChI is InChI=1S/C11H11FO2/c1-8-9(4-3-5-10(8)12)6-7-11(13)14-2/h3-7H,1-2H3. The molecule has 1 rings (SSSR count). The summed E-state index contributed by atoms with van der Waals surface area (Å²) in [5, 5.41) is 0. The maximum Gasteiger partial charge on any atom is 0.330 e. The summed E-state index contributed by atoms with van der Waals surface area (Å²) in [6.07, 6.45) is 2.80. The van der Waals surface area contributed by atoms with Gasteiger partial charge in [-0.15, -0.1) is 0 Å². The maximum absolute atomic E-state index is 13.0. The summed E-state index contributed by atoms with van der Waals surface area (Å²) in [6, 6.07) is 4.71. The van der Waals surface area contributed by atoms with Crippen molar-refractivity contribution in [2.45, 2.75) is 6.92 Å². The van der Waals surface area contributed by atoms with Crippen LogP contribution in [-0.4, -0.2) is 13.1 Å². The van der Waals surface area contributed by atoms with Crippen molar-refractivity contribution in [2.24, 2.45) is 0 Å². The van der Waals surface area contributed by atoms with E-state index < -0.39 is 5.97 Å². The molecule has 0 fully saturated rings. The first-order valence-electron chi connectivity index (χ1n) is 4.16. The molecule has 0 atom stereocenters. The van der Waals surface area contributed by atoms with Gasteiger partial charge in [0, 0.05) is 6.08 Å². The van der Waals surface area contributed by atoms with E-state index in [2.05, 4.69) is 4.74 Å². The molecule has 1 aromatic rings. The summed E-state index contributed by atoms with van der Waals surface area (Å²) in [5.41, 5.74) is 1.20. The predicted octanol–water partition coefficient (Wildman–Crippen LogP) is 2.32. The fourth-order valence-corrected chi connectivity index (χ4v) is 1.03. The Morgan fingerprint density at radius 3 is 2.86 bits per heavy atom. The van der Waals surface area contributed by atoms with Gasteiger partial charge in [0.2, 0.25) is 0 Å². The molecule has 3 heteroatoms. The highest BCUT2D eigenvalue weighted by Gasteiger charge is 2.00. The maximum atomic E-state index is 13.0. The highest BCUT2D eigenvalue weighted by Crippen LogP contribution is 2.13. The molecule has 14 heavy (non-hydrogen) atoms. The second-order valence-electron chi connectivity index (χ2n) is 2.81. The minimum atomic E-state index is -0.450. The highest BCUT2D eigenvalue weighted by atomic mass is 19.1. The number of halogens is 1. The third-order valence-electron chi connectivity index (χ3n) is 1.91. The zero-order valence-electron chi connectivity index (χ0n) is 8.08. The monoisotopic (exact) mass is 194 g/mol. The van der Waals surface area contributed by atoms with Crippen LogP contribution in [-0.2, 0) is 9.53 Å². The topological polar surface area (TPSA) is 26.3 Å². The lowest BCUT2D eigenvalue weighted by molar-refractivity contribution is -0.134. The van der Waals surface area contributed by atoms with Crippen molar-refractivity contribution in [3.05, 3.63) is 41.2 Å². The SMILES string of the molecule is COC(=O)C=Cc1cccc(F)c1C. The fraction of sp³-hybridized carbons (Fsp3) is 0.182. The Morgan fingerprint density at radius 2 is 2.21 bits per heavy atom. The van der Waals surface area contributed by atoms with Gasteiger partial charge in [-0.25, -0.2) is 9.18 Å². The average Bonchev–Trinajstić information content (AvgIpc) is 2.20. The van der Waals surface area contributed by atoms with Crippen LogP contribution in [0.4, 0.5) is 4.39 Å². The van der Waals surface area contributed by atoms with Crippen molar-refractivity contribution < 1.29 is 13.9 Å². The van der Waals surface area contributed by atoms with E-state index in [1.54, 1.807) is 19.1 Å². The molecule has 0 aliphatic carbocycles. The molecule has 0 aliphatic heterocycles. The van der Waals surface area contributed by atoms with Gasteiger partial charge in [-0.1, -0.05) is 12.1 Å². The molecule has 0 amide bonds. The van der Waals surface area contributed by atoms with Crippen molar-refractivity contribution in [3.63, 3.8) is 0 Å². The molecule has 0 spiro atoms. The number of ether oxygens (including phenoxy) is 1. The molecule has 0 N–H and O–H groups in total. The van der Waals surface area contributed by atoms with Crippen LogP contribution >= 0.6 is 0 Å². The first-order chi connectivity index (χ1) is 6.65. The summed E-state index contributed by atoms with van der Waals surface area (Å²) >= 11 is 0. The Labute approximate surface area is 82.0 Å². The molecule has 0 aliphatic rings. The van der Waals surface area contributed by atoms with Crippen LogP contribution in [0.2, 0.25) is 0 Å². The second kappa shape index (κ2) is 4.56. The van der Waals surface area contributed by atoms with Gasteiger partial charge in [0.15, 0.2) is 0 Å². The lowest BCUT2D eigenvalue weighted by atomic mass is 10.1. The van der Waals surface area contributed by atoms with E-state index in [1.165, 1.54) is 25.3 Å². The van der Waals surface area contributed by atoms with Gasteiger partial charge < -0.3 is 4.74 Å². The Kier molecular flexibility index (Phi) is 3.40. The van der Waals surface area contributed by atoms with Gasteiger partial charge in [0.25, 0.3) is 0 Å². The molecule has 2 nitrogen and oxygen atoms in total. The van der Waals surface area contributed by atoms with E-state index in [9.17, 15) is 9.18 Å². The molecule has 0 aromatic heterocycles. The molecule has 0 saturated heterocycles. The number of carbonyl (C=O) groups is 1. The van der Waals surface area contributed by atoms with Crippen LogP contribution in [0.15, 0.2) is 24.3 Å². The molecular weight excluding hydrogens is 183 g/mol. The molecule has 0 saturated carbocycles. The van der Waals surface area contributed by atoms with E-state index in [1.807, 2.05) is 0 Å². The Morgan fingerprint density at radius 1 is 1.50 bits per heavy atom. The second-order valence-corrected chi connectivity index (χ2v) is 2.81. The first-order valence-corrected chi connectivity index (χ1v) is 4.16. The number of esters is 1. The van der Waals surface area contributed by atoms with Gasteiger partial charge >= 0.3 is 5.97 Å². The number of hydrogen-bond acceptors (Lipinski definition) is 2. The van der Waals surface area contributed by atoms with E-state index in [0.29, 0.717) is 11.1 Å². The van der Waals surface area contributed by atoms with Crippen LogP contribution in [0.1, 0.15) is 11.1 Å². The summed E-state index contributed by atoms with van der Waals surface area (Å²) in [6.45, 7) is 1.66. The third-order valence-corrected chi connectivity index (χ3v) is 1.91. The van der Waals surface area contributed by atoms with E-state index in [0.717, 1.165) is 0 Å². The van der Waals surface area contributed by atoms with Gasteiger partial charge in [0.1, 0.15) is 5.82 Å². The smallest absolute Gasteiger partial charge is 0.330 e. The molecule has 0 heterocycles. The highest BCUT2D eigenvalue weighted by molar-refractivity contribution is 5.87. The van der Waals surface area contributed by atoms with Crippen LogP contribution in [0, 0.1) is 12.7 Å². The molecule has 1 aromatic carbocycles. The average molecular weight is 194 g/mol. The zero-order chi connectivity index (χ0) is 10.6. The van der Waals surface area contributed by atoms with Gasteiger partial charge in [-0.2, -0.15) is 0 Å². The molecule has 0 unspecified atom stereocenters. The molecule has 74 valence electrons. The van der Waals surface area contributed by atoms with Crippen LogP contribution in [0.25, 0.3) is 6.08 Å². The number of benzene rings is 1. The quantitative estimate of drug-likeness (QED) is 0.533. The normalized spacial score (nSPS) is 10.5. The summed E-state index contributed by atoms with van der Waals surface area (Å²) in [7, 11) is 1.30. The third kappa shape index (κ3) is 2.42. The van der Waals surface area contributed by atoms with Crippen molar-refractivity contribution in [2.75, 3.05) is 7.11 Å². The minimum absolute atomic E-state index is 0.281. The van der Waals surface area contributed by atoms with Crippen molar-refractivity contribution in [3.8, 4) is 0 Å². The van der Waals surface area contributed by atoms with Crippen molar-refractivity contribution in [1.82, 2.24) is 0 Å². The number of methoxy groups -OCH3 is 1. The molecular formula is C11H11FO2. The summed E-state index contributed by atoms with van der Waals surface area (Å²) in [4.78, 5) is 10.8. The number of hydrogen-bond donors (Lipinski definition) is 0. The first kappa shape index (κ1) is 10.4. The van der Waals surface area contributed by atoms with Gasteiger partial charge in [-0.3, -0.25) is 0 Å². The summed E-state index contributed by atoms with van der Waals surface area (Å²) < 4.78 is 17.5. The van der Waals surface area contributed by atoms with Gasteiger partial charge in [-0.05, 0) is 30.2 Å². The lowest BCUT2D eigenvalue weighted by Crippen LogP contribution is -1.94. The number of carbonyl (C=O) groups excluding carboxylic acids is 1. The van der Waals surface area contributed by atoms with Crippen molar-refractivity contribution >= 4 is 12.0 Å². The lowest BCUT2D eigenvalue weighted by Gasteiger charge is -2.00. The Bertz CT molecular complexity index is 370. The van der Waals surface area contributed by atoms with Gasteiger partial charge in [0.05, 0.1) is 7.11 Å². The van der Waals surface area contributed by atoms with Crippen LogP contribution in [0.3, 0.4) is 0 Å². The Hall–Kier alpha value is -1.64. The summed E-state index contributed by atoms with van der Waals surface area (Å²) in [5.74, 6) is -0.731.